The topological polar surface area (TPSA) is 69.6 Å². The fourth-order valence-electron chi connectivity index (χ4n) is 4.75. The quantitative estimate of drug-likeness (QED) is 0.315. The van der Waals surface area contributed by atoms with E-state index in [9.17, 15) is 9.59 Å². The molecule has 7 nitrogen and oxygen atoms in total. The molecule has 0 unspecified atom stereocenters. The van der Waals surface area contributed by atoms with E-state index in [1.54, 1.807) is 36.9 Å². The number of anilines is 2. The molecule has 10 heteroatoms. The van der Waals surface area contributed by atoms with Crippen molar-refractivity contribution in [1.82, 2.24) is 14.9 Å². The van der Waals surface area contributed by atoms with Crippen molar-refractivity contribution in [3.05, 3.63) is 83.4 Å². The van der Waals surface area contributed by atoms with Gasteiger partial charge < -0.3 is 9.80 Å². The summed E-state index contributed by atoms with van der Waals surface area (Å²) >= 11 is 0. The third-order valence-electron chi connectivity index (χ3n) is 7.01. The van der Waals surface area contributed by atoms with Gasteiger partial charge in [0.15, 0.2) is 0 Å². The Labute approximate surface area is 250 Å². The average Bonchev–Trinajstić information content (AvgIpc) is 2.93. The van der Waals surface area contributed by atoms with Crippen LogP contribution in [-0.2, 0) is 29.1 Å². The van der Waals surface area contributed by atoms with Crippen LogP contribution in [0, 0.1) is 12.3 Å². The summed E-state index contributed by atoms with van der Waals surface area (Å²) in [6.45, 7) is 10.3. The highest BCUT2D eigenvalue weighted by molar-refractivity contribution is 6.19. The number of carbonyl (C=O) groups excluding carboxylic acids is 2. The number of hydrogen-bond acceptors (Lipinski definition) is 5. The van der Waals surface area contributed by atoms with Gasteiger partial charge in [0.05, 0.1) is 11.4 Å². The minimum atomic E-state index is -1.11. The van der Waals surface area contributed by atoms with Gasteiger partial charge in [-0.1, -0.05) is 12.1 Å². The molecule has 39 heavy (non-hydrogen) atoms. The summed E-state index contributed by atoms with van der Waals surface area (Å²) in [4.78, 5) is 40.8. The van der Waals surface area contributed by atoms with Crippen molar-refractivity contribution in [2.75, 3.05) is 29.9 Å². The molecule has 0 spiro atoms. The van der Waals surface area contributed by atoms with Crippen LogP contribution in [0.1, 0.15) is 43.0 Å². The second-order valence-corrected chi connectivity index (χ2v) is 9.99. The van der Waals surface area contributed by atoms with E-state index in [4.69, 9.17) is 0 Å². The van der Waals surface area contributed by atoms with Crippen molar-refractivity contribution in [3.63, 3.8) is 0 Å². The van der Waals surface area contributed by atoms with E-state index < -0.39 is 5.41 Å². The summed E-state index contributed by atoms with van der Waals surface area (Å²) in [7, 11) is 1.76. The molecule has 3 aromatic rings. The number of aryl methyl sites for hydroxylation is 1. The van der Waals surface area contributed by atoms with Crippen molar-refractivity contribution in [2.24, 2.45) is 5.41 Å². The molecule has 0 N–H and O–H groups in total. The molecule has 1 aliphatic heterocycles. The first-order chi connectivity index (χ1) is 17.2. The first kappa shape index (κ1) is 34.3. The lowest BCUT2D eigenvalue weighted by atomic mass is 9.90. The van der Waals surface area contributed by atoms with Gasteiger partial charge in [0.1, 0.15) is 5.41 Å². The van der Waals surface area contributed by atoms with Gasteiger partial charge >= 0.3 is 0 Å². The minimum absolute atomic E-state index is 0. The Kier molecular flexibility index (Phi) is 12.9. The molecule has 0 saturated heterocycles. The van der Waals surface area contributed by atoms with Crippen LogP contribution in [0.2, 0.25) is 0 Å². The maximum Gasteiger partial charge on any atom is 0.242 e. The van der Waals surface area contributed by atoms with Gasteiger partial charge in [-0.25, -0.2) is 0 Å². The van der Waals surface area contributed by atoms with E-state index in [-0.39, 0.29) is 49.0 Å². The summed E-state index contributed by atoms with van der Waals surface area (Å²) in [5.74, 6) is -0.361. The fourth-order valence-corrected chi connectivity index (χ4v) is 4.75. The van der Waals surface area contributed by atoms with Crippen LogP contribution >= 0.6 is 37.2 Å². The maximum atomic E-state index is 13.2. The first-order valence-electron chi connectivity index (χ1n) is 12.5. The predicted octanol–water partition coefficient (Wildman–Crippen LogP) is 5.65. The van der Waals surface area contributed by atoms with Crippen molar-refractivity contribution < 1.29 is 9.59 Å². The maximum absolute atomic E-state index is 13.2. The number of fused-ring (bicyclic) bond motifs is 1. The summed E-state index contributed by atoms with van der Waals surface area (Å²) < 4.78 is 0. The van der Waals surface area contributed by atoms with E-state index in [2.05, 4.69) is 40.0 Å². The van der Waals surface area contributed by atoms with E-state index in [1.165, 1.54) is 16.7 Å². The summed E-state index contributed by atoms with van der Waals surface area (Å²) in [5.41, 5.74) is 5.11. The van der Waals surface area contributed by atoms with Gasteiger partial charge in [-0.05, 0) is 80.6 Å². The summed E-state index contributed by atoms with van der Waals surface area (Å²) in [5, 5.41) is 0. The fraction of sp³-hybridized carbons (Fsp3) is 0.379. The zero-order chi connectivity index (χ0) is 25.9. The summed E-state index contributed by atoms with van der Waals surface area (Å²) in [6.07, 6.45) is 8.33. The molecule has 0 aliphatic carbocycles. The Morgan fingerprint density at radius 3 is 2.23 bits per heavy atom. The molecule has 0 fully saturated rings. The molecule has 2 aromatic heterocycles. The number of hydrogen-bond donors (Lipinski definition) is 0. The number of aromatic nitrogens is 2. The molecule has 1 aliphatic rings. The normalized spacial score (nSPS) is 14.1. The zero-order valence-electron chi connectivity index (χ0n) is 23.1. The number of halogens is 3. The standard InChI is InChI=1S/C29H35N5O2.3ClH/c1-6-34-25-10-9-23(16-26(25)32(5)27(35)29(3,4)28(34)36)19-33(15-12-22-8-7-13-30-17-22)20-24-18-31-14-11-21(24)2;;;/h7-11,13-14,16-18H,6,12,15,19-20H2,1-5H3;3*1H. The Morgan fingerprint density at radius 1 is 0.872 bits per heavy atom. The average molecular weight is 595 g/mol. The van der Waals surface area contributed by atoms with Crippen LogP contribution in [0.25, 0.3) is 0 Å². The van der Waals surface area contributed by atoms with Gasteiger partial charge in [0.2, 0.25) is 11.8 Å². The third-order valence-corrected chi connectivity index (χ3v) is 7.01. The molecule has 212 valence electrons. The first-order valence-corrected chi connectivity index (χ1v) is 12.5. The minimum Gasteiger partial charge on any atom is -0.313 e. The number of amides is 2. The second-order valence-electron chi connectivity index (χ2n) is 9.99. The highest BCUT2D eigenvalue weighted by Crippen LogP contribution is 2.39. The van der Waals surface area contributed by atoms with E-state index in [1.807, 2.05) is 43.7 Å². The zero-order valence-corrected chi connectivity index (χ0v) is 25.5. The van der Waals surface area contributed by atoms with Crippen molar-refractivity contribution in [2.45, 2.75) is 47.2 Å². The van der Waals surface area contributed by atoms with Gasteiger partial charge in [0.25, 0.3) is 0 Å². The number of pyridine rings is 2. The lowest BCUT2D eigenvalue weighted by Crippen LogP contribution is -2.47. The molecular formula is C29H38Cl3N5O2. The smallest absolute Gasteiger partial charge is 0.242 e. The van der Waals surface area contributed by atoms with Gasteiger partial charge in [-0.15, -0.1) is 37.2 Å². The molecule has 3 heterocycles. The lowest BCUT2D eigenvalue weighted by molar-refractivity contribution is -0.137. The Balaban J connectivity index is 0.00000253. The van der Waals surface area contributed by atoms with Crippen molar-refractivity contribution in [3.8, 4) is 0 Å². The molecule has 1 aromatic carbocycles. The van der Waals surface area contributed by atoms with Crippen LogP contribution in [0.3, 0.4) is 0 Å². The third kappa shape index (κ3) is 7.48. The Hall–Kier alpha value is -2.71. The SMILES string of the molecule is CCN1C(=O)C(C)(C)C(=O)N(C)c2cc(CN(CCc3cccnc3)Cc3cnccc3C)ccc21.Cl.Cl.Cl. The highest BCUT2D eigenvalue weighted by atomic mass is 35.5. The number of benzene rings is 1. The summed E-state index contributed by atoms with van der Waals surface area (Å²) in [6, 6.07) is 12.2. The molecule has 0 bridgehead atoms. The van der Waals surface area contributed by atoms with Crippen LogP contribution < -0.4 is 9.80 Å². The Morgan fingerprint density at radius 2 is 1.59 bits per heavy atom. The molecular weight excluding hydrogens is 557 g/mol. The van der Waals surface area contributed by atoms with Gasteiger partial charge in [-0.2, -0.15) is 0 Å². The molecule has 4 rings (SSSR count). The number of nitrogens with zero attached hydrogens (tertiary/aromatic N) is 5. The molecule has 0 radical (unpaired) electrons. The highest BCUT2D eigenvalue weighted by Gasteiger charge is 2.45. The number of rotatable bonds is 8. The van der Waals surface area contributed by atoms with E-state index >= 15 is 0 Å². The van der Waals surface area contributed by atoms with Crippen LogP contribution in [0.4, 0.5) is 11.4 Å². The lowest BCUT2D eigenvalue weighted by Gasteiger charge is -2.27. The Bertz CT molecular complexity index is 1260. The number of carbonyl (C=O) groups is 2. The van der Waals surface area contributed by atoms with Crippen LogP contribution in [-0.4, -0.2) is 46.8 Å². The second kappa shape index (κ2) is 14.6. The van der Waals surface area contributed by atoms with Crippen molar-refractivity contribution >= 4 is 60.4 Å². The monoisotopic (exact) mass is 593 g/mol. The van der Waals surface area contributed by atoms with E-state index in [0.717, 1.165) is 36.4 Å². The largest absolute Gasteiger partial charge is 0.313 e. The molecule has 0 atom stereocenters. The van der Waals surface area contributed by atoms with Gasteiger partial charge in [0, 0.05) is 58.0 Å². The van der Waals surface area contributed by atoms with E-state index in [0.29, 0.717) is 13.1 Å². The van der Waals surface area contributed by atoms with Crippen LogP contribution in [0.5, 0.6) is 0 Å². The predicted molar refractivity (Wildman–Crippen MR) is 164 cm³/mol. The van der Waals surface area contributed by atoms with Crippen molar-refractivity contribution in [1.29, 1.82) is 0 Å². The molecule has 2 amide bonds. The van der Waals surface area contributed by atoms with Crippen LogP contribution in [0.15, 0.2) is 61.2 Å². The van der Waals surface area contributed by atoms with Gasteiger partial charge in [-0.3, -0.25) is 24.5 Å². The molecule has 0 saturated carbocycles.